The molecule has 4 nitrogen and oxygen atoms in total. The lowest BCUT2D eigenvalue weighted by molar-refractivity contribution is -0.114. The number of nitrogens with zero attached hydrogens (tertiary/aromatic N) is 1. The minimum atomic E-state index is -0.405. The summed E-state index contributed by atoms with van der Waals surface area (Å²) in [5, 5.41) is 0.0832. The summed E-state index contributed by atoms with van der Waals surface area (Å²) in [5.74, 6) is 0.810. The maximum absolute atomic E-state index is 11.9. The molecule has 110 valence electrons. The molecule has 0 aliphatic carbocycles. The first-order valence-electron chi connectivity index (χ1n) is 6.91. The Morgan fingerprint density at radius 3 is 2.74 bits per heavy atom. The van der Waals surface area contributed by atoms with Gasteiger partial charge in [-0.3, -0.25) is 9.69 Å². The van der Waals surface area contributed by atoms with Crippen molar-refractivity contribution in [1.82, 2.24) is 4.90 Å². The van der Waals surface area contributed by atoms with Crippen LogP contribution in [0.4, 0.5) is 4.79 Å². The lowest BCUT2D eigenvalue weighted by Crippen LogP contribution is -2.40. The number of carbonyl (C=O) groups is 2. The fourth-order valence-corrected chi connectivity index (χ4v) is 2.59. The summed E-state index contributed by atoms with van der Waals surface area (Å²) in [5.41, 5.74) is 0. The molecule has 0 spiro atoms. The maximum atomic E-state index is 11.9. The van der Waals surface area contributed by atoms with E-state index < -0.39 is 6.09 Å². The third-order valence-corrected chi connectivity index (χ3v) is 3.70. The van der Waals surface area contributed by atoms with E-state index in [4.69, 9.17) is 4.74 Å². The molecule has 0 aromatic carbocycles. The number of ether oxygens (including phenoxy) is 1. The molecule has 1 amide bonds. The van der Waals surface area contributed by atoms with Crippen LogP contribution in [-0.4, -0.2) is 41.1 Å². The van der Waals surface area contributed by atoms with Crippen molar-refractivity contribution in [2.75, 3.05) is 18.9 Å². The van der Waals surface area contributed by atoms with E-state index in [9.17, 15) is 9.59 Å². The van der Waals surface area contributed by atoms with Gasteiger partial charge in [-0.25, -0.2) is 4.79 Å². The van der Waals surface area contributed by atoms with E-state index in [1.165, 1.54) is 22.7 Å². The third kappa shape index (κ3) is 6.14. The lowest BCUT2D eigenvalue weighted by Gasteiger charge is -2.22. The van der Waals surface area contributed by atoms with Crippen LogP contribution in [0.15, 0.2) is 12.7 Å². The van der Waals surface area contributed by atoms with E-state index >= 15 is 0 Å². The molecule has 0 N–H and O–H groups in total. The zero-order valence-corrected chi connectivity index (χ0v) is 13.0. The number of rotatable bonds is 5. The normalized spacial score (nSPS) is 17.4. The first-order valence-corrected chi connectivity index (χ1v) is 7.90. The van der Waals surface area contributed by atoms with Crippen molar-refractivity contribution in [2.24, 2.45) is 0 Å². The van der Waals surface area contributed by atoms with Crippen LogP contribution in [0.5, 0.6) is 0 Å². The predicted molar refractivity (Wildman–Crippen MR) is 80.4 cm³/mol. The number of thioether (sulfide) groups is 1. The highest BCUT2D eigenvalue weighted by Crippen LogP contribution is 2.23. The first kappa shape index (κ1) is 18.0. The Hall–Kier alpha value is -0.970. The van der Waals surface area contributed by atoms with Crippen molar-refractivity contribution in [2.45, 2.75) is 46.1 Å². The van der Waals surface area contributed by atoms with Crippen molar-refractivity contribution in [1.29, 1.82) is 0 Å². The molecule has 0 bridgehead atoms. The number of carbonyl (C=O) groups excluding carboxylic acids is 2. The Labute approximate surface area is 120 Å². The van der Waals surface area contributed by atoms with Gasteiger partial charge in [-0.2, -0.15) is 0 Å². The molecular formula is C14H25NO3S. The summed E-state index contributed by atoms with van der Waals surface area (Å²) in [6.45, 7) is 10.3. The van der Waals surface area contributed by atoms with Gasteiger partial charge in [-0.05, 0) is 19.3 Å². The second kappa shape index (κ2) is 10.9. The molecule has 1 rings (SSSR count). The van der Waals surface area contributed by atoms with Crippen LogP contribution < -0.4 is 0 Å². The van der Waals surface area contributed by atoms with E-state index in [1.807, 2.05) is 20.8 Å². The number of hydrogen-bond acceptors (Lipinski definition) is 4. The van der Waals surface area contributed by atoms with Gasteiger partial charge in [0.15, 0.2) is 0 Å². The zero-order chi connectivity index (χ0) is 14.7. The Bertz CT molecular complexity index is 294. The van der Waals surface area contributed by atoms with Gasteiger partial charge >= 0.3 is 6.09 Å². The Balaban J connectivity index is 0.00000154. The molecular weight excluding hydrogens is 262 g/mol. The zero-order valence-electron chi connectivity index (χ0n) is 12.2. The number of likely N-dealkylation sites (tertiary alicyclic amines) is 1. The highest BCUT2D eigenvalue weighted by Gasteiger charge is 2.34. The van der Waals surface area contributed by atoms with E-state index in [1.54, 1.807) is 0 Å². The minimum Gasteiger partial charge on any atom is -0.445 e. The quantitative estimate of drug-likeness (QED) is 0.726. The standard InChI is InChI=1S/C12H19NO3S.C2H6/c1-3-8-16-12(15)13-7-5-6-10(13)11(14)17-9-4-2;1-2/h3,10H,1,4-9H2,2H3;1-2H3. The van der Waals surface area contributed by atoms with E-state index in [2.05, 4.69) is 6.58 Å². The van der Waals surface area contributed by atoms with Crippen molar-refractivity contribution in [3.05, 3.63) is 12.7 Å². The van der Waals surface area contributed by atoms with Crippen LogP contribution in [-0.2, 0) is 9.53 Å². The summed E-state index contributed by atoms with van der Waals surface area (Å²) >= 11 is 1.31. The van der Waals surface area contributed by atoms with Crippen LogP contribution in [0.1, 0.15) is 40.0 Å². The average Bonchev–Trinajstić information content (AvgIpc) is 2.93. The summed E-state index contributed by atoms with van der Waals surface area (Å²) < 4.78 is 4.97. The predicted octanol–water partition coefficient (Wildman–Crippen LogP) is 3.47. The summed E-state index contributed by atoms with van der Waals surface area (Å²) in [4.78, 5) is 25.1. The van der Waals surface area contributed by atoms with Crippen LogP contribution in [0.2, 0.25) is 0 Å². The molecule has 19 heavy (non-hydrogen) atoms. The van der Waals surface area contributed by atoms with Gasteiger partial charge in [-0.15, -0.1) is 0 Å². The van der Waals surface area contributed by atoms with Crippen molar-refractivity contribution >= 4 is 23.0 Å². The van der Waals surface area contributed by atoms with Crippen LogP contribution in [0.25, 0.3) is 0 Å². The van der Waals surface area contributed by atoms with Gasteiger partial charge in [0.05, 0.1) is 0 Å². The molecule has 1 atom stereocenters. The van der Waals surface area contributed by atoms with Crippen molar-refractivity contribution in [3.63, 3.8) is 0 Å². The minimum absolute atomic E-state index is 0.0832. The van der Waals surface area contributed by atoms with Crippen LogP contribution in [0.3, 0.4) is 0 Å². The molecule has 1 aliphatic heterocycles. The largest absolute Gasteiger partial charge is 0.445 e. The highest BCUT2D eigenvalue weighted by atomic mass is 32.2. The number of hydrogen-bond donors (Lipinski definition) is 0. The fraction of sp³-hybridized carbons (Fsp3) is 0.714. The van der Waals surface area contributed by atoms with Gasteiger partial charge in [0.2, 0.25) is 5.12 Å². The van der Waals surface area contributed by atoms with Gasteiger partial charge < -0.3 is 4.74 Å². The summed E-state index contributed by atoms with van der Waals surface area (Å²) in [6.07, 6.45) is 3.70. The monoisotopic (exact) mass is 287 g/mol. The fourth-order valence-electron chi connectivity index (χ4n) is 1.74. The number of amides is 1. The molecule has 1 fully saturated rings. The van der Waals surface area contributed by atoms with Crippen molar-refractivity contribution < 1.29 is 14.3 Å². The second-order valence-corrected chi connectivity index (χ2v) is 4.98. The second-order valence-electron chi connectivity index (χ2n) is 3.88. The van der Waals surface area contributed by atoms with E-state index in [-0.39, 0.29) is 17.8 Å². The molecule has 1 unspecified atom stereocenters. The summed E-state index contributed by atoms with van der Waals surface area (Å²) in [7, 11) is 0. The van der Waals surface area contributed by atoms with Gasteiger partial charge in [0.25, 0.3) is 0 Å². The van der Waals surface area contributed by atoms with Crippen LogP contribution >= 0.6 is 11.8 Å². The molecule has 0 saturated carbocycles. The molecule has 1 saturated heterocycles. The average molecular weight is 287 g/mol. The lowest BCUT2D eigenvalue weighted by atomic mass is 10.2. The Kier molecular flexibility index (Phi) is 10.4. The summed E-state index contributed by atoms with van der Waals surface area (Å²) in [6, 6.07) is -0.302. The highest BCUT2D eigenvalue weighted by molar-refractivity contribution is 8.13. The molecule has 5 heteroatoms. The Morgan fingerprint density at radius 1 is 1.47 bits per heavy atom. The topological polar surface area (TPSA) is 46.6 Å². The first-order chi connectivity index (χ1) is 9.20. The SMILES string of the molecule is C=CCOC(=O)N1CCCC1C(=O)SCCC.CC. The molecule has 1 heterocycles. The molecule has 0 radical (unpaired) electrons. The molecule has 1 aliphatic rings. The van der Waals surface area contributed by atoms with Gasteiger partial charge in [-0.1, -0.05) is 45.2 Å². The molecule has 0 aromatic heterocycles. The molecule has 0 aromatic rings. The third-order valence-electron chi connectivity index (χ3n) is 2.53. The smallest absolute Gasteiger partial charge is 0.410 e. The van der Waals surface area contributed by atoms with Gasteiger partial charge in [0.1, 0.15) is 12.6 Å². The maximum Gasteiger partial charge on any atom is 0.410 e. The van der Waals surface area contributed by atoms with Crippen LogP contribution in [0, 0.1) is 0 Å². The van der Waals surface area contributed by atoms with Crippen molar-refractivity contribution in [3.8, 4) is 0 Å². The van der Waals surface area contributed by atoms with E-state index in [0.29, 0.717) is 6.54 Å². The van der Waals surface area contributed by atoms with Gasteiger partial charge in [0, 0.05) is 12.3 Å². The van der Waals surface area contributed by atoms with E-state index in [0.717, 1.165) is 25.0 Å². The Morgan fingerprint density at radius 2 is 2.16 bits per heavy atom.